The maximum atomic E-state index is 12.6. The lowest BCUT2D eigenvalue weighted by molar-refractivity contribution is -0.150. The van der Waals surface area contributed by atoms with E-state index in [1.54, 1.807) is 19.1 Å². The highest BCUT2D eigenvalue weighted by molar-refractivity contribution is 8.00. The number of aliphatic carboxylic acids is 1. The number of nitrogens with one attached hydrogen (secondary N) is 1. The van der Waals surface area contributed by atoms with E-state index in [1.807, 2.05) is 12.1 Å². The van der Waals surface area contributed by atoms with Gasteiger partial charge in [0.15, 0.2) is 0 Å². The van der Waals surface area contributed by atoms with Crippen LogP contribution in [-0.4, -0.2) is 45.0 Å². The molecule has 2 aliphatic heterocycles. The van der Waals surface area contributed by atoms with Crippen LogP contribution in [0.5, 0.6) is 0 Å². The molecule has 2 aromatic rings. The monoisotopic (exact) mass is 437 g/mol. The molecule has 1 aromatic heterocycles. The number of rotatable bonds is 4. The van der Waals surface area contributed by atoms with E-state index in [4.69, 9.17) is 17.3 Å². The molecule has 0 spiro atoms. The highest BCUT2D eigenvalue weighted by atomic mass is 35.5. The number of thioether (sulfide) groups is 1. The molecular weight excluding hydrogens is 422 g/mol. The summed E-state index contributed by atoms with van der Waals surface area (Å²) in [4.78, 5) is 38.5. The van der Waals surface area contributed by atoms with Crippen LogP contribution in [-0.2, 0) is 14.4 Å². The summed E-state index contributed by atoms with van der Waals surface area (Å²) < 4.78 is 0.922. The summed E-state index contributed by atoms with van der Waals surface area (Å²) in [5.41, 5.74) is 6.74. The van der Waals surface area contributed by atoms with Gasteiger partial charge < -0.3 is 16.2 Å². The van der Waals surface area contributed by atoms with Gasteiger partial charge in [0.05, 0.1) is 0 Å². The largest absolute Gasteiger partial charge is 0.477 e. The Balaban J connectivity index is 1.50. The first-order valence-electron chi connectivity index (χ1n) is 8.41. The topological polar surface area (TPSA) is 113 Å². The number of amides is 2. The maximum Gasteiger partial charge on any atom is 0.352 e. The molecule has 0 radical (unpaired) electrons. The molecule has 4 rings (SSSR count). The molecule has 10 heteroatoms. The number of hydrogen-bond donors (Lipinski definition) is 3. The number of fused-ring (bicyclic) bond motifs is 2. The van der Waals surface area contributed by atoms with Gasteiger partial charge in [-0.3, -0.25) is 14.5 Å². The van der Waals surface area contributed by atoms with Gasteiger partial charge in [-0.1, -0.05) is 17.7 Å². The molecule has 1 fully saturated rings. The SMILES string of the molecule is CC1=C(C(=O)O)N2C(=O)C(NC(=O)[C@@H](N)c3cc4c(Cl)cccc4s3)C2SC1. The quantitative estimate of drug-likeness (QED) is 0.632. The molecule has 2 unspecified atom stereocenters. The molecule has 146 valence electrons. The summed E-state index contributed by atoms with van der Waals surface area (Å²) in [7, 11) is 0. The highest BCUT2D eigenvalue weighted by Gasteiger charge is 2.53. The van der Waals surface area contributed by atoms with Crippen LogP contribution in [0.4, 0.5) is 0 Å². The Hall–Kier alpha value is -2.07. The zero-order valence-electron chi connectivity index (χ0n) is 14.6. The number of nitrogens with two attached hydrogens (primary N) is 1. The van der Waals surface area contributed by atoms with Crippen molar-refractivity contribution in [2.24, 2.45) is 5.73 Å². The number of thiophene rings is 1. The summed E-state index contributed by atoms with van der Waals surface area (Å²) in [5, 5.41) is 13.0. The second-order valence-electron chi connectivity index (χ2n) is 6.61. The van der Waals surface area contributed by atoms with E-state index in [9.17, 15) is 19.5 Å². The van der Waals surface area contributed by atoms with Crippen molar-refractivity contribution in [2.45, 2.75) is 24.4 Å². The van der Waals surface area contributed by atoms with Gasteiger partial charge >= 0.3 is 5.97 Å². The number of carbonyl (C=O) groups excluding carboxylic acids is 2. The van der Waals surface area contributed by atoms with Gasteiger partial charge in [-0.2, -0.15) is 0 Å². The van der Waals surface area contributed by atoms with Crippen molar-refractivity contribution in [1.29, 1.82) is 0 Å². The molecule has 3 heterocycles. The minimum absolute atomic E-state index is 0.00250. The summed E-state index contributed by atoms with van der Waals surface area (Å²) >= 11 is 8.97. The Labute approximate surface area is 173 Å². The minimum Gasteiger partial charge on any atom is -0.477 e. The lowest BCUT2D eigenvalue weighted by Gasteiger charge is -2.49. The summed E-state index contributed by atoms with van der Waals surface area (Å²) in [6.07, 6.45) is 0. The molecule has 4 N–H and O–H groups in total. The van der Waals surface area contributed by atoms with Crippen LogP contribution in [0.3, 0.4) is 0 Å². The van der Waals surface area contributed by atoms with Crippen LogP contribution in [0.25, 0.3) is 10.1 Å². The molecule has 28 heavy (non-hydrogen) atoms. The van der Waals surface area contributed by atoms with Gasteiger partial charge in [0.1, 0.15) is 23.2 Å². The predicted molar refractivity (Wildman–Crippen MR) is 109 cm³/mol. The Morgan fingerprint density at radius 1 is 1.43 bits per heavy atom. The Morgan fingerprint density at radius 3 is 2.86 bits per heavy atom. The summed E-state index contributed by atoms with van der Waals surface area (Å²) in [5.74, 6) is -1.57. The van der Waals surface area contributed by atoms with Crippen molar-refractivity contribution in [3.63, 3.8) is 0 Å². The fourth-order valence-electron chi connectivity index (χ4n) is 3.35. The van der Waals surface area contributed by atoms with Gasteiger partial charge in [0.2, 0.25) is 5.91 Å². The molecule has 2 amide bonds. The first-order valence-corrected chi connectivity index (χ1v) is 10.7. The van der Waals surface area contributed by atoms with Gasteiger partial charge in [-0.25, -0.2) is 4.79 Å². The van der Waals surface area contributed by atoms with Crippen LogP contribution in [0.1, 0.15) is 17.8 Å². The Kier molecular flexibility index (Phi) is 4.86. The molecule has 2 aliphatic rings. The van der Waals surface area contributed by atoms with Crippen molar-refractivity contribution in [1.82, 2.24) is 10.2 Å². The fourth-order valence-corrected chi connectivity index (χ4v) is 6.01. The average Bonchev–Trinajstić information content (AvgIpc) is 3.10. The van der Waals surface area contributed by atoms with E-state index in [1.165, 1.54) is 28.0 Å². The number of carboxylic acid groups (broad SMARTS) is 1. The highest BCUT2D eigenvalue weighted by Crippen LogP contribution is 2.40. The fraction of sp³-hybridized carbons (Fsp3) is 0.278. The van der Waals surface area contributed by atoms with E-state index >= 15 is 0 Å². The molecule has 7 nitrogen and oxygen atoms in total. The first kappa shape index (κ1) is 19.3. The minimum atomic E-state index is -1.14. The number of carboxylic acids is 1. The molecule has 1 aromatic carbocycles. The molecule has 0 saturated carbocycles. The zero-order valence-corrected chi connectivity index (χ0v) is 17.0. The van der Waals surface area contributed by atoms with E-state index < -0.39 is 35.2 Å². The maximum absolute atomic E-state index is 12.6. The zero-order chi connectivity index (χ0) is 20.2. The van der Waals surface area contributed by atoms with E-state index in [-0.39, 0.29) is 5.70 Å². The average molecular weight is 438 g/mol. The Morgan fingerprint density at radius 2 is 2.18 bits per heavy atom. The number of hydrogen-bond acceptors (Lipinski definition) is 6. The first-order chi connectivity index (χ1) is 13.3. The van der Waals surface area contributed by atoms with Gasteiger partial charge in [-0.05, 0) is 30.7 Å². The number of halogens is 1. The van der Waals surface area contributed by atoms with Gasteiger partial charge in [-0.15, -0.1) is 23.1 Å². The summed E-state index contributed by atoms with van der Waals surface area (Å²) in [6.45, 7) is 1.69. The van der Waals surface area contributed by atoms with Crippen molar-refractivity contribution in [3.05, 3.63) is 45.4 Å². The standard InChI is InChI=1S/C18H16ClN3O4S2/c1-7-6-27-17-13(16(24)22(17)14(7)18(25)26)21-15(23)12(20)11-5-8-9(19)3-2-4-10(8)28-11/h2-5,12-13,17H,6,20H2,1H3,(H,21,23)(H,25,26)/t12-,13?,17?/m0/s1. The smallest absolute Gasteiger partial charge is 0.352 e. The molecule has 0 aliphatic carbocycles. The number of benzene rings is 1. The van der Waals surface area contributed by atoms with E-state index in [0.29, 0.717) is 21.2 Å². The van der Waals surface area contributed by atoms with E-state index in [0.717, 1.165) is 10.1 Å². The second kappa shape index (κ2) is 7.07. The Bertz CT molecular complexity index is 1050. The third-order valence-electron chi connectivity index (χ3n) is 4.78. The molecule has 3 atom stereocenters. The lowest BCUT2D eigenvalue weighted by atomic mass is 10.0. The predicted octanol–water partition coefficient (Wildman–Crippen LogP) is 2.31. The summed E-state index contributed by atoms with van der Waals surface area (Å²) in [6, 6.07) is 5.54. The van der Waals surface area contributed by atoms with Gasteiger partial charge in [0, 0.05) is 25.7 Å². The van der Waals surface area contributed by atoms with Crippen molar-refractivity contribution >= 4 is 62.6 Å². The molecule has 1 saturated heterocycles. The number of nitrogens with zero attached hydrogens (tertiary/aromatic N) is 1. The van der Waals surface area contributed by atoms with Crippen molar-refractivity contribution in [2.75, 3.05) is 5.75 Å². The third kappa shape index (κ3) is 2.98. The molecular formula is C18H16ClN3O4S2. The van der Waals surface area contributed by atoms with Crippen LogP contribution < -0.4 is 11.1 Å². The second-order valence-corrected chi connectivity index (χ2v) is 9.24. The van der Waals surface area contributed by atoms with Crippen LogP contribution in [0.2, 0.25) is 5.02 Å². The normalized spacial score (nSPS) is 22.7. The van der Waals surface area contributed by atoms with Crippen LogP contribution >= 0.6 is 34.7 Å². The third-order valence-corrected chi connectivity index (χ3v) is 7.71. The number of carbonyl (C=O) groups is 3. The molecule has 0 bridgehead atoms. The van der Waals surface area contributed by atoms with Crippen molar-refractivity contribution in [3.8, 4) is 0 Å². The van der Waals surface area contributed by atoms with E-state index in [2.05, 4.69) is 5.32 Å². The van der Waals surface area contributed by atoms with Gasteiger partial charge in [0.25, 0.3) is 5.91 Å². The number of β-lactam (4-membered cyclic amide) rings is 1. The van der Waals surface area contributed by atoms with Crippen LogP contribution in [0.15, 0.2) is 35.5 Å². The van der Waals surface area contributed by atoms with Crippen molar-refractivity contribution < 1.29 is 19.5 Å². The lowest BCUT2D eigenvalue weighted by Crippen LogP contribution is -2.71. The van der Waals surface area contributed by atoms with Crippen LogP contribution in [0, 0.1) is 0 Å².